The molecule has 0 saturated carbocycles. The summed E-state index contributed by atoms with van der Waals surface area (Å²) in [5.74, 6) is 0.871. The zero-order chi connectivity index (χ0) is 12.4. The number of rotatable bonds is 2. The summed E-state index contributed by atoms with van der Waals surface area (Å²) in [7, 11) is 0. The van der Waals surface area contributed by atoms with Crippen molar-refractivity contribution in [2.24, 2.45) is 0 Å². The molecule has 2 aromatic heterocycles. The summed E-state index contributed by atoms with van der Waals surface area (Å²) in [5.41, 5.74) is 2.14. The molecule has 96 valence electrons. The quantitative estimate of drug-likeness (QED) is 0.663. The number of benzene rings is 1. The van der Waals surface area contributed by atoms with E-state index in [-0.39, 0.29) is 12.4 Å². The van der Waals surface area contributed by atoms with Crippen LogP contribution in [0.1, 0.15) is 0 Å². The van der Waals surface area contributed by atoms with Gasteiger partial charge in [0.15, 0.2) is 0 Å². The molecule has 0 amide bonds. The fourth-order valence-corrected chi connectivity index (χ4v) is 2.17. The van der Waals surface area contributed by atoms with E-state index in [1.807, 2.05) is 53.4 Å². The Labute approximate surface area is 125 Å². The van der Waals surface area contributed by atoms with Crippen molar-refractivity contribution in [3.63, 3.8) is 0 Å². The highest BCUT2D eigenvalue weighted by molar-refractivity contribution is 9.10. The third-order valence-electron chi connectivity index (χ3n) is 2.68. The van der Waals surface area contributed by atoms with E-state index in [2.05, 4.69) is 38.3 Å². The Morgan fingerprint density at radius 1 is 1.05 bits per heavy atom. The predicted molar refractivity (Wildman–Crippen MR) is 73.3 cm³/mol. The smallest absolute Gasteiger partial charge is 0.354 e. The summed E-state index contributed by atoms with van der Waals surface area (Å²) in [5, 5.41) is 7.37. The molecule has 3 nitrogen and oxygen atoms in total. The number of hydrogen-bond acceptors (Lipinski definition) is 1. The van der Waals surface area contributed by atoms with Crippen LogP contribution in [0.3, 0.4) is 0 Å². The summed E-state index contributed by atoms with van der Waals surface area (Å²) in [6.45, 7) is 0. The molecule has 1 aromatic carbocycles. The number of nitrogens with one attached hydrogen (secondary N) is 1. The van der Waals surface area contributed by atoms with Gasteiger partial charge in [-0.1, -0.05) is 30.3 Å². The predicted octanol–water partition coefficient (Wildman–Crippen LogP) is 0.120. The fraction of sp³-hybridized carbons (Fsp3) is 0. The van der Waals surface area contributed by atoms with Gasteiger partial charge in [-0.25, -0.2) is 4.57 Å². The molecule has 0 saturated heterocycles. The Morgan fingerprint density at radius 3 is 2.58 bits per heavy atom. The van der Waals surface area contributed by atoms with E-state index in [9.17, 15) is 0 Å². The average Bonchev–Trinajstić information content (AvgIpc) is 2.89. The van der Waals surface area contributed by atoms with Crippen molar-refractivity contribution in [2.45, 2.75) is 0 Å². The number of aromatic amines is 1. The van der Waals surface area contributed by atoms with Crippen LogP contribution in [0.2, 0.25) is 0 Å². The van der Waals surface area contributed by atoms with Gasteiger partial charge in [0.25, 0.3) is 0 Å². The van der Waals surface area contributed by atoms with Crippen molar-refractivity contribution >= 4 is 15.9 Å². The highest BCUT2D eigenvalue weighted by Gasteiger charge is 2.12. The van der Waals surface area contributed by atoms with Gasteiger partial charge in [-0.2, -0.15) is 5.10 Å². The summed E-state index contributed by atoms with van der Waals surface area (Å²) in [6.07, 6.45) is 3.95. The van der Waals surface area contributed by atoms with Gasteiger partial charge in [0.2, 0.25) is 0 Å². The first kappa shape index (κ1) is 13.8. The van der Waals surface area contributed by atoms with Crippen molar-refractivity contribution in [3.8, 4) is 17.1 Å². The van der Waals surface area contributed by atoms with Gasteiger partial charge >= 0.3 is 5.82 Å². The number of aromatic nitrogens is 3. The lowest BCUT2D eigenvalue weighted by Gasteiger charge is -1.93. The lowest BCUT2D eigenvalue weighted by atomic mass is 10.1. The minimum Gasteiger partial charge on any atom is -1.00 e. The monoisotopic (exact) mass is 335 g/mol. The molecular weight excluding hydrogens is 326 g/mol. The van der Waals surface area contributed by atoms with E-state index in [1.165, 1.54) is 0 Å². The molecule has 0 spiro atoms. The number of H-pyrrole nitrogens is 1. The first-order valence-electron chi connectivity index (χ1n) is 5.61. The lowest BCUT2D eigenvalue weighted by Crippen LogP contribution is -3.00. The molecule has 1 N–H and O–H groups in total. The van der Waals surface area contributed by atoms with E-state index in [4.69, 9.17) is 0 Å². The second kappa shape index (κ2) is 5.99. The standard InChI is InChI=1S/C14H11BrN3.ClH/c15-12-7-4-8-18(10-12)14-9-13(16-17-14)11-5-2-1-3-6-11;/h1-10H,(H,16,17);1H/q+1;/p-1. The molecule has 0 atom stereocenters. The van der Waals surface area contributed by atoms with Gasteiger partial charge < -0.3 is 12.4 Å². The third-order valence-corrected chi connectivity index (χ3v) is 3.15. The van der Waals surface area contributed by atoms with Crippen LogP contribution < -0.4 is 17.0 Å². The van der Waals surface area contributed by atoms with Crippen LogP contribution in [0.4, 0.5) is 0 Å². The summed E-state index contributed by atoms with van der Waals surface area (Å²) in [6, 6.07) is 16.1. The number of halogens is 2. The Bertz CT molecular complexity index is 667. The minimum atomic E-state index is 0. The van der Waals surface area contributed by atoms with Gasteiger partial charge in [-0.15, -0.1) is 0 Å². The lowest BCUT2D eigenvalue weighted by molar-refractivity contribution is -0.600. The van der Waals surface area contributed by atoms with Crippen molar-refractivity contribution < 1.29 is 17.0 Å². The molecule has 5 heteroatoms. The normalized spacial score (nSPS) is 9.95. The SMILES string of the molecule is Brc1ccc[n+](-c2cc(-c3ccccc3)[nH]n2)c1.[Cl-]. The summed E-state index contributed by atoms with van der Waals surface area (Å²) < 4.78 is 2.99. The molecule has 3 rings (SSSR count). The molecule has 0 radical (unpaired) electrons. The van der Waals surface area contributed by atoms with E-state index < -0.39 is 0 Å². The van der Waals surface area contributed by atoms with Crippen molar-refractivity contribution in [1.82, 2.24) is 10.2 Å². The maximum atomic E-state index is 4.32. The number of pyridine rings is 1. The van der Waals surface area contributed by atoms with Crippen molar-refractivity contribution in [3.05, 3.63) is 65.4 Å². The second-order valence-corrected chi connectivity index (χ2v) is 4.85. The number of nitrogens with zero attached hydrogens (tertiary/aromatic N) is 2. The highest BCUT2D eigenvalue weighted by atomic mass is 79.9. The molecule has 0 fully saturated rings. The fourth-order valence-electron chi connectivity index (χ4n) is 1.80. The zero-order valence-electron chi connectivity index (χ0n) is 9.92. The van der Waals surface area contributed by atoms with Crippen LogP contribution in [-0.4, -0.2) is 10.2 Å². The Balaban J connectivity index is 0.00000133. The van der Waals surface area contributed by atoms with E-state index >= 15 is 0 Å². The van der Waals surface area contributed by atoms with E-state index in [0.29, 0.717) is 0 Å². The topological polar surface area (TPSA) is 32.6 Å². The van der Waals surface area contributed by atoms with Gasteiger partial charge in [-0.3, -0.25) is 0 Å². The molecule has 0 aliphatic heterocycles. The molecule has 0 aliphatic carbocycles. The molecule has 19 heavy (non-hydrogen) atoms. The molecular formula is C14H11BrClN3. The highest BCUT2D eigenvalue weighted by Crippen LogP contribution is 2.17. The summed E-state index contributed by atoms with van der Waals surface area (Å²) >= 11 is 3.45. The zero-order valence-corrected chi connectivity index (χ0v) is 12.3. The van der Waals surface area contributed by atoms with Gasteiger partial charge in [0, 0.05) is 5.56 Å². The van der Waals surface area contributed by atoms with Crippen LogP contribution in [0.25, 0.3) is 17.1 Å². The second-order valence-electron chi connectivity index (χ2n) is 3.94. The molecule has 0 bridgehead atoms. The number of hydrogen-bond donors (Lipinski definition) is 1. The van der Waals surface area contributed by atoms with Crippen LogP contribution in [0.5, 0.6) is 0 Å². The van der Waals surface area contributed by atoms with Crippen LogP contribution in [0.15, 0.2) is 65.4 Å². The van der Waals surface area contributed by atoms with Gasteiger partial charge in [-0.05, 0) is 28.1 Å². The molecule has 3 aromatic rings. The van der Waals surface area contributed by atoms with Crippen molar-refractivity contribution in [1.29, 1.82) is 0 Å². The Morgan fingerprint density at radius 2 is 1.84 bits per heavy atom. The van der Waals surface area contributed by atoms with Crippen molar-refractivity contribution in [2.75, 3.05) is 0 Å². The maximum absolute atomic E-state index is 4.32. The van der Waals surface area contributed by atoms with Crippen LogP contribution >= 0.6 is 15.9 Å². The first-order valence-corrected chi connectivity index (χ1v) is 6.40. The minimum absolute atomic E-state index is 0. The first-order chi connectivity index (χ1) is 8.83. The maximum Gasteiger partial charge on any atom is 0.354 e. The van der Waals surface area contributed by atoms with E-state index in [1.54, 1.807) is 0 Å². The van der Waals surface area contributed by atoms with Gasteiger partial charge in [0.1, 0.15) is 6.20 Å². The Kier molecular flexibility index (Phi) is 4.35. The van der Waals surface area contributed by atoms with Gasteiger partial charge in [0.05, 0.1) is 27.5 Å². The van der Waals surface area contributed by atoms with Crippen LogP contribution in [0, 0.1) is 0 Å². The Hall–Kier alpha value is -1.65. The average molecular weight is 337 g/mol. The third kappa shape index (κ3) is 3.03. The molecule has 2 heterocycles. The molecule has 0 unspecified atom stereocenters. The van der Waals surface area contributed by atoms with E-state index in [0.717, 1.165) is 21.5 Å². The summed E-state index contributed by atoms with van der Waals surface area (Å²) in [4.78, 5) is 0. The largest absolute Gasteiger partial charge is 1.00 e. The molecule has 0 aliphatic rings. The van der Waals surface area contributed by atoms with Crippen LogP contribution in [-0.2, 0) is 0 Å².